The van der Waals surface area contributed by atoms with Crippen molar-refractivity contribution in [3.63, 3.8) is 0 Å². The van der Waals surface area contributed by atoms with Crippen LogP contribution in [0.4, 0.5) is 0 Å². The molecule has 3 rings (SSSR count). The third kappa shape index (κ3) is 3.37. The van der Waals surface area contributed by atoms with Crippen LogP contribution in [0.3, 0.4) is 0 Å². The number of nitrogens with one attached hydrogen (secondary N) is 1. The molecule has 0 bridgehead atoms. The Morgan fingerprint density at radius 3 is 2.81 bits per heavy atom. The summed E-state index contributed by atoms with van der Waals surface area (Å²) in [6, 6.07) is 10.9. The number of halogens is 1. The van der Waals surface area contributed by atoms with Gasteiger partial charge >= 0.3 is 0 Å². The number of amides is 1. The van der Waals surface area contributed by atoms with E-state index in [9.17, 15) is 4.79 Å². The van der Waals surface area contributed by atoms with Gasteiger partial charge in [0.1, 0.15) is 0 Å². The number of hydrogen-bond acceptors (Lipinski definition) is 5. The summed E-state index contributed by atoms with van der Waals surface area (Å²) in [4.78, 5) is 17.1. The highest BCUT2D eigenvalue weighted by molar-refractivity contribution is 9.10. The molecule has 0 saturated heterocycles. The van der Waals surface area contributed by atoms with Crippen LogP contribution in [-0.2, 0) is 6.54 Å². The Bertz CT molecular complexity index is 738. The van der Waals surface area contributed by atoms with Crippen molar-refractivity contribution in [2.24, 2.45) is 0 Å². The SMILES string of the molecule is O=C(NCc1noc(-c2cccs2)n1)c1ccc(Br)cc1. The number of nitrogens with zero attached hydrogens (tertiary/aromatic N) is 2. The summed E-state index contributed by atoms with van der Waals surface area (Å²) < 4.78 is 6.08. The summed E-state index contributed by atoms with van der Waals surface area (Å²) in [7, 11) is 0. The quantitative estimate of drug-likeness (QED) is 0.770. The van der Waals surface area contributed by atoms with Crippen LogP contribution in [0.2, 0.25) is 0 Å². The Morgan fingerprint density at radius 2 is 2.10 bits per heavy atom. The zero-order valence-electron chi connectivity index (χ0n) is 10.7. The second-order valence-corrected chi connectivity index (χ2v) is 6.05. The minimum absolute atomic E-state index is 0.176. The molecule has 3 aromatic rings. The largest absolute Gasteiger partial charge is 0.345 e. The number of carbonyl (C=O) groups is 1. The van der Waals surface area contributed by atoms with Gasteiger partial charge in [0.2, 0.25) is 0 Å². The van der Waals surface area contributed by atoms with E-state index in [0.717, 1.165) is 9.35 Å². The molecule has 106 valence electrons. The van der Waals surface area contributed by atoms with Crippen molar-refractivity contribution in [1.82, 2.24) is 15.5 Å². The van der Waals surface area contributed by atoms with Crippen molar-refractivity contribution >= 4 is 33.2 Å². The maximum Gasteiger partial charge on any atom is 0.268 e. The van der Waals surface area contributed by atoms with Crippen molar-refractivity contribution in [2.45, 2.75) is 6.54 Å². The van der Waals surface area contributed by atoms with Gasteiger partial charge in [-0.2, -0.15) is 4.98 Å². The van der Waals surface area contributed by atoms with Crippen LogP contribution in [0.1, 0.15) is 16.2 Å². The molecule has 1 amide bonds. The Hall–Kier alpha value is -1.99. The average Bonchev–Trinajstić information content (AvgIpc) is 3.16. The smallest absolute Gasteiger partial charge is 0.268 e. The number of aromatic nitrogens is 2. The van der Waals surface area contributed by atoms with Gasteiger partial charge < -0.3 is 9.84 Å². The molecular weight excluding hydrogens is 354 g/mol. The number of thiophene rings is 1. The molecule has 1 N–H and O–H groups in total. The van der Waals surface area contributed by atoms with Crippen LogP contribution in [-0.4, -0.2) is 16.0 Å². The molecule has 2 heterocycles. The molecule has 0 unspecified atom stereocenters. The van der Waals surface area contributed by atoms with Gasteiger partial charge in [-0.25, -0.2) is 0 Å². The molecule has 0 saturated carbocycles. The Balaban J connectivity index is 1.62. The fourth-order valence-electron chi connectivity index (χ4n) is 1.69. The standard InChI is InChI=1S/C14H10BrN3O2S/c15-10-5-3-9(4-6-10)13(19)16-8-12-17-14(20-18-12)11-2-1-7-21-11/h1-7H,8H2,(H,16,19). The highest BCUT2D eigenvalue weighted by Gasteiger charge is 2.11. The fourth-order valence-corrected chi connectivity index (χ4v) is 2.60. The summed E-state index contributed by atoms with van der Waals surface area (Å²) in [5, 5.41) is 8.55. The van der Waals surface area contributed by atoms with E-state index in [-0.39, 0.29) is 12.5 Å². The Morgan fingerprint density at radius 1 is 1.29 bits per heavy atom. The first kappa shape index (κ1) is 14.0. The van der Waals surface area contributed by atoms with E-state index < -0.39 is 0 Å². The average molecular weight is 364 g/mol. The maximum atomic E-state index is 12.0. The van der Waals surface area contributed by atoms with Gasteiger partial charge in [0.25, 0.3) is 11.8 Å². The molecule has 0 aliphatic rings. The molecule has 21 heavy (non-hydrogen) atoms. The lowest BCUT2D eigenvalue weighted by molar-refractivity contribution is 0.0949. The van der Waals surface area contributed by atoms with Gasteiger partial charge in [0.15, 0.2) is 5.82 Å². The van der Waals surface area contributed by atoms with Crippen molar-refractivity contribution in [2.75, 3.05) is 0 Å². The van der Waals surface area contributed by atoms with Crippen LogP contribution in [0.5, 0.6) is 0 Å². The van der Waals surface area contributed by atoms with Crippen LogP contribution in [0.15, 0.2) is 50.8 Å². The van der Waals surface area contributed by atoms with E-state index >= 15 is 0 Å². The number of carbonyl (C=O) groups excluding carboxylic acids is 1. The third-order valence-corrected chi connectivity index (χ3v) is 4.10. The van der Waals surface area contributed by atoms with Crippen LogP contribution >= 0.6 is 27.3 Å². The zero-order chi connectivity index (χ0) is 14.7. The van der Waals surface area contributed by atoms with Crippen LogP contribution in [0.25, 0.3) is 10.8 Å². The number of benzene rings is 1. The highest BCUT2D eigenvalue weighted by atomic mass is 79.9. The van der Waals surface area contributed by atoms with Gasteiger partial charge in [-0.05, 0) is 35.7 Å². The summed E-state index contributed by atoms with van der Waals surface area (Å²) >= 11 is 4.85. The lowest BCUT2D eigenvalue weighted by Gasteiger charge is -2.02. The van der Waals surface area contributed by atoms with Crippen molar-refractivity contribution in [1.29, 1.82) is 0 Å². The van der Waals surface area contributed by atoms with E-state index in [1.165, 1.54) is 11.3 Å². The monoisotopic (exact) mass is 363 g/mol. The van der Waals surface area contributed by atoms with Gasteiger partial charge in [0.05, 0.1) is 11.4 Å². The minimum Gasteiger partial charge on any atom is -0.345 e. The topological polar surface area (TPSA) is 68.0 Å². The van der Waals surface area contributed by atoms with Gasteiger partial charge in [-0.15, -0.1) is 11.3 Å². The van der Waals surface area contributed by atoms with E-state index in [1.807, 2.05) is 29.6 Å². The highest BCUT2D eigenvalue weighted by Crippen LogP contribution is 2.22. The van der Waals surface area contributed by atoms with Crippen molar-refractivity contribution < 1.29 is 9.32 Å². The fraction of sp³-hybridized carbons (Fsp3) is 0.0714. The summed E-state index contributed by atoms with van der Waals surface area (Å²) in [6.07, 6.45) is 0. The predicted molar refractivity (Wildman–Crippen MR) is 82.9 cm³/mol. The molecule has 0 spiro atoms. The van der Waals surface area contributed by atoms with Crippen LogP contribution < -0.4 is 5.32 Å². The minimum atomic E-state index is -0.176. The summed E-state index contributed by atoms with van der Waals surface area (Å²) in [6.45, 7) is 0.226. The van der Waals surface area contributed by atoms with E-state index in [2.05, 4.69) is 31.4 Å². The number of hydrogen-bond donors (Lipinski definition) is 1. The second kappa shape index (κ2) is 6.19. The molecule has 0 atom stereocenters. The molecule has 0 radical (unpaired) electrons. The normalized spacial score (nSPS) is 10.5. The molecule has 2 aromatic heterocycles. The van der Waals surface area contributed by atoms with E-state index in [0.29, 0.717) is 17.3 Å². The predicted octanol–water partition coefficient (Wildman–Crippen LogP) is 3.49. The summed E-state index contributed by atoms with van der Waals surface area (Å²) in [5.41, 5.74) is 0.583. The first-order valence-electron chi connectivity index (χ1n) is 6.12. The number of rotatable bonds is 4. The molecule has 1 aromatic carbocycles. The zero-order valence-corrected chi connectivity index (χ0v) is 13.1. The van der Waals surface area contributed by atoms with Crippen molar-refractivity contribution in [3.8, 4) is 10.8 Å². The molecule has 0 fully saturated rings. The first-order chi connectivity index (χ1) is 10.2. The maximum absolute atomic E-state index is 12.0. The molecule has 7 heteroatoms. The second-order valence-electron chi connectivity index (χ2n) is 4.18. The van der Waals surface area contributed by atoms with Gasteiger partial charge in [-0.1, -0.05) is 27.2 Å². The molecular formula is C14H10BrN3O2S. The first-order valence-corrected chi connectivity index (χ1v) is 7.80. The Kier molecular flexibility index (Phi) is 4.12. The van der Waals surface area contributed by atoms with Gasteiger partial charge in [0, 0.05) is 10.0 Å². The van der Waals surface area contributed by atoms with E-state index in [4.69, 9.17) is 4.52 Å². The lowest BCUT2D eigenvalue weighted by atomic mass is 10.2. The molecule has 0 aliphatic heterocycles. The summed E-state index contributed by atoms with van der Waals surface area (Å²) in [5.74, 6) is 0.742. The van der Waals surface area contributed by atoms with Gasteiger partial charge in [-0.3, -0.25) is 4.79 Å². The Labute approximate surface area is 133 Å². The third-order valence-electron chi connectivity index (χ3n) is 2.71. The van der Waals surface area contributed by atoms with E-state index in [1.54, 1.807) is 12.1 Å². The molecule has 5 nitrogen and oxygen atoms in total. The lowest BCUT2D eigenvalue weighted by Crippen LogP contribution is -2.23. The molecule has 0 aliphatic carbocycles. The van der Waals surface area contributed by atoms with Crippen LogP contribution in [0, 0.1) is 0 Å². The van der Waals surface area contributed by atoms with Crippen molar-refractivity contribution in [3.05, 3.63) is 57.6 Å².